The van der Waals surface area contributed by atoms with Crippen molar-refractivity contribution in [2.45, 2.75) is 47.7 Å². The monoisotopic (exact) mass is 486 g/mol. The van der Waals surface area contributed by atoms with Crippen LogP contribution in [0.3, 0.4) is 0 Å². The molecule has 11 heterocycles. The van der Waals surface area contributed by atoms with Gasteiger partial charge < -0.3 is 0 Å². The zero-order valence-electron chi connectivity index (χ0n) is 12.4. The van der Waals surface area contributed by atoms with Crippen LogP contribution in [0.5, 0.6) is 0 Å². The molecule has 4 atom stereocenters. The number of benzene rings is 1. The summed E-state index contributed by atoms with van der Waals surface area (Å²) in [5.74, 6) is 1.18. The third-order valence-electron chi connectivity index (χ3n) is 16.8. The van der Waals surface area contributed by atoms with Gasteiger partial charge in [-0.1, -0.05) is 0 Å². The third kappa shape index (κ3) is 0.157. The fraction of sp³-hybridized carbons (Fsp3) is 0.526. The van der Waals surface area contributed by atoms with Crippen LogP contribution < -0.4 is 5.43 Å². The molecule has 4 unspecified atom stereocenters. The molecule has 10 saturated heterocycles. The Bertz CT molecular complexity index is 1560. The molecule has 0 amide bonds. The second kappa shape index (κ2) is 1.10. The van der Waals surface area contributed by atoms with Crippen LogP contribution in [0.15, 0.2) is 36.4 Å². The molecule has 0 bridgehead atoms. The molecule has 10 fully saturated rings. The summed E-state index contributed by atoms with van der Waals surface area (Å²) < 4.78 is 8.98. The molecule has 0 radical (unpaired) electrons. The topological polar surface area (TPSA) is 30.2 Å². The summed E-state index contributed by atoms with van der Waals surface area (Å²) >= 11 is 7.14. The van der Waals surface area contributed by atoms with Gasteiger partial charge in [0.25, 0.3) is 0 Å². The summed E-state index contributed by atoms with van der Waals surface area (Å²) in [5, 5.41) is 0.715. The molecule has 10 aliphatic rings. The van der Waals surface area contributed by atoms with Crippen molar-refractivity contribution in [1.29, 1.82) is 0 Å². The number of rotatable bonds is 1. The molecule has 2 aromatic rings. The fourth-order valence-electron chi connectivity index (χ4n) is 18.2. The van der Waals surface area contributed by atoms with Gasteiger partial charge in [-0.15, -0.1) is 0 Å². The van der Waals surface area contributed by atoms with Gasteiger partial charge in [0.1, 0.15) is 0 Å². The van der Waals surface area contributed by atoms with E-state index < -0.39 is 6.51 Å². The average molecular weight is 488 g/mol. The molecule has 1 spiro atoms. The molecule has 0 N–H and O–H groups in total. The first-order valence-corrected chi connectivity index (χ1v) is 16.9. The Hall–Kier alpha value is -0.0905. The van der Waals surface area contributed by atoms with Gasteiger partial charge in [0.05, 0.1) is 0 Å². The van der Waals surface area contributed by atoms with Crippen LogP contribution in [0.4, 0.5) is 0 Å². The molecule has 1 aromatic carbocycles. The molecule has 24 heavy (non-hydrogen) atoms. The van der Waals surface area contributed by atoms with Crippen LogP contribution in [0.2, 0.25) is 43.3 Å². The summed E-state index contributed by atoms with van der Waals surface area (Å²) in [6, 6.07) is 5.87. The first-order chi connectivity index (χ1) is 11.3. The van der Waals surface area contributed by atoms with Crippen LogP contribution in [0, 0.1) is 0 Å². The summed E-state index contributed by atoms with van der Waals surface area (Å²) in [6.45, 7) is -3.26. The zero-order valence-corrected chi connectivity index (χ0v) is 16.6. The summed E-state index contributed by atoms with van der Waals surface area (Å²) in [6.07, 6.45) is 0. The summed E-state index contributed by atoms with van der Waals surface area (Å²) in [5.41, 5.74) is 0.959. The molecule has 12 rings (SSSR count). The molecular formula is C19H12Br2FeO2. The number of halogens is 2. The van der Waals surface area contributed by atoms with Crippen LogP contribution in [0.1, 0.15) is 5.76 Å². The fourth-order valence-corrected chi connectivity index (χ4v) is 93.4. The zero-order chi connectivity index (χ0) is 15.3. The summed E-state index contributed by atoms with van der Waals surface area (Å²) in [4.78, 5) is 24.0. The van der Waals surface area contributed by atoms with Gasteiger partial charge in [-0.25, -0.2) is 0 Å². The maximum absolute atomic E-state index is 12.9. The molecular weight excluding hydrogens is 476 g/mol. The third-order valence-corrected chi connectivity index (χ3v) is 60.2. The van der Waals surface area contributed by atoms with E-state index in [4.69, 9.17) is 4.42 Å². The number of fused-ring (bicyclic) bond motifs is 11. The van der Waals surface area contributed by atoms with Gasteiger partial charge in [-0.3, -0.25) is 0 Å². The molecule has 0 aliphatic carbocycles. The Morgan fingerprint density at radius 3 is 2.04 bits per heavy atom. The van der Waals surface area contributed by atoms with Gasteiger partial charge in [0.15, 0.2) is 0 Å². The second-order valence-electron chi connectivity index (χ2n) is 12.4. The Morgan fingerprint density at radius 1 is 0.917 bits per heavy atom. The number of hydrogen-bond acceptors (Lipinski definition) is 2. The molecule has 0 saturated carbocycles. The Balaban J connectivity index is 1.35. The molecule has 2 nitrogen and oxygen atoms in total. The Morgan fingerprint density at radius 2 is 1.54 bits per heavy atom. The van der Waals surface area contributed by atoms with Crippen molar-refractivity contribution in [2.75, 3.05) is 0 Å². The molecule has 10 aliphatic heterocycles. The minimum absolute atomic E-state index is 0.171. The molecule has 1 aromatic heterocycles. The van der Waals surface area contributed by atoms with Crippen molar-refractivity contribution >= 4 is 42.8 Å². The van der Waals surface area contributed by atoms with Gasteiger partial charge in [0, 0.05) is 0 Å². The van der Waals surface area contributed by atoms with E-state index in [2.05, 4.69) is 31.9 Å². The van der Waals surface area contributed by atoms with E-state index in [-0.39, 0.29) is 5.43 Å². The van der Waals surface area contributed by atoms with Gasteiger partial charge in [0.2, 0.25) is 0 Å². The molecule has 122 valence electrons. The van der Waals surface area contributed by atoms with Gasteiger partial charge in [-0.2, -0.15) is 0 Å². The second-order valence-corrected chi connectivity index (χ2v) is 37.7. The van der Waals surface area contributed by atoms with E-state index >= 15 is 0 Å². The minimum atomic E-state index is -3.26. The van der Waals surface area contributed by atoms with Crippen LogP contribution >= 0.6 is 31.9 Å². The van der Waals surface area contributed by atoms with Crippen molar-refractivity contribution < 1.29 is 10.9 Å². The predicted octanol–water partition coefficient (Wildman–Crippen LogP) is 6.11. The van der Waals surface area contributed by atoms with Crippen molar-refractivity contribution in [2.24, 2.45) is 0 Å². The van der Waals surface area contributed by atoms with E-state index in [0.29, 0.717) is 9.70 Å². The first-order valence-electron chi connectivity index (χ1n) is 8.98. The van der Waals surface area contributed by atoms with E-state index in [1.54, 1.807) is 0 Å². The average Bonchev–Trinajstić information content (AvgIpc) is 3.48. The van der Waals surface area contributed by atoms with Gasteiger partial charge in [-0.05, 0) is 0 Å². The number of hydrogen-bond donors (Lipinski definition) is 0. The van der Waals surface area contributed by atoms with Crippen molar-refractivity contribution in [3.8, 4) is 0 Å². The van der Waals surface area contributed by atoms with Crippen molar-refractivity contribution in [3.63, 3.8) is 0 Å². The molecule has 5 heteroatoms. The van der Waals surface area contributed by atoms with Crippen molar-refractivity contribution in [1.82, 2.24) is 0 Å². The first kappa shape index (κ1) is 10.3. The Kier molecular flexibility index (Phi) is 0.473. The maximum atomic E-state index is 12.9. The Labute approximate surface area is 143 Å². The SMILES string of the molecule is O=c1cc([C]23[CH]4[CH]5[CH]6[CH]2[Fe]56432789[CH]3[CH]2[CH]7[CH]8[CH]39)oc2c(Br)cc(Br)cc12. The normalized spacial score (nSPS) is 88.0. The summed E-state index contributed by atoms with van der Waals surface area (Å²) in [7, 11) is 0. The predicted molar refractivity (Wildman–Crippen MR) is 93.3 cm³/mol. The van der Waals surface area contributed by atoms with Crippen LogP contribution in [-0.2, 0) is 10.8 Å². The van der Waals surface area contributed by atoms with Crippen LogP contribution in [-0.4, -0.2) is 0 Å². The standard InChI is InChI=1S/C14H7Br2O2.C5H5.Fe/c15-9-5-10-12(17)7-13(8-3-1-2-4-8)18-14(10)11(16)6-9;1-2-4-5-3-1;/h1-7H;1-5H;. The van der Waals surface area contributed by atoms with E-state index in [1.807, 2.05) is 18.2 Å². The van der Waals surface area contributed by atoms with E-state index in [9.17, 15) is 4.79 Å². The van der Waals surface area contributed by atoms with Crippen molar-refractivity contribution in [3.05, 3.63) is 43.1 Å². The van der Waals surface area contributed by atoms with E-state index in [1.165, 1.54) is 39.5 Å². The quantitative estimate of drug-likeness (QED) is 0.454. The van der Waals surface area contributed by atoms with Crippen LogP contribution in [0.25, 0.3) is 11.0 Å². The van der Waals surface area contributed by atoms with E-state index in [0.717, 1.165) is 24.2 Å². The van der Waals surface area contributed by atoms with Gasteiger partial charge >= 0.3 is 145 Å².